The topological polar surface area (TPSA) is 64.7 Å². The van der Waals surface area contributed by atoms with Gasteiger partial charge in [0.2, 0.25) is 5.91 Å². The predicted molar refractivity (Wildman–Crippen MR) is 128 cm³/mol. The van der Waals surface area contributed by atoms with Crippen molar-refractivity contribution in [3.05, 3.63) is 58.6 Å². The average molecular weight is 489 g/mol. The lowest BCUT2D eigenvalue weighted by atomic mass is 10.1. The third-order valence-corrected chi connectivity index (χ3v) is 5.59. The largest absolute Gasteiger partial charge is 0.366 e. The van der Waals surface area contributed by atoms with Gasteiger partial charge in [-0.3, -0.25) is 14.9 Å². The van der Waals surface area contributed by atoms with Crippen molar-refractivity contribution in [3.8, 4) is 0 Å². The van der Waals surface area contributed by atoms with Crippen molar-refractivity contribution in [2.45, 2.75) is 13.8 Å². The minimum atomic E-state index is -0.271. The highest BCUT2D eigenvalue weighted by Crippen LogP contribution is 2.27. The van der Waals surface area contributed by atoms with Gasteiger partial charge in [0.05, 0.1) is 11.4 Å². The number of piperazine rings is 1. The second kappa shape index (κ2) is 10.0. The molecule has 2 aromatic rings. The van der Waals surface area contributed by atoms with Crippen LogP contribution in [-0.4, -0.2) is 48.0 Å². The van der Waals surface area contributed by atoms with Gasteiger partial charge in [0.15, 0.2) is 5.11 Å². The predicted octanol–water partition coefficient (Wildman–Crippen LogP) is 3.88. The molecule has 0 unspecified atom stereocenters. The number of anilines is 2. The molecule has 1 saturated heterocycles. The van der Waals surface area contributed by atoms with Crippen LogP contribution in [0, 0.1) is 5.92 Å². The number of nitrogens with one attached hydrogen (secondary N) is 2. The van der Waals surface area contributed by atoms with Gasteiger partial charge in [-0.25, -0.2) is 0 Å². The molecule has 0 aliphatic carbocycles. The molecule has 2 amide bonds. The van der Waals surface area contributed by atoms with Crippen LogP contribution in [0.3, 0.4) is 0 Å². The molecule has 0 radical (unpaired) electrons. The Hall–Kier alpha value is -2.45. The zero-order valence-electron chi connectivity index (χ0n) is 17.0. The Bertz CT molecular complexity index is 942. The molecule has 1 heterocycles. The summed E-state index contributed by atoms with van der Waals surface area (Å²) in [5.74, 6) is -0.0682. The molecule has 0 bridgehead atoms. The SMILES string of the molecule is CC(C)C(=O)N1CCN(c2ccccc2NC(=S)NC(=O)c2cccc(Br)c2)CC1. The monoisotopic (exact) mass is 488 g/mol. The summed E-state index contributed by atoms with van der Waals surface area (Å²) >= 11 is 8.73. The van der Waals surface area contributed by atoms with E-state index < -0.39 is 0 Å². The van der Waals surface area contributed by atoms with Crippen LogP contribution < -0.4 is 15.5 Å². The van der Waals surface area contributed by atoms with Gasteiger partial charge in [0, 0.05) is 42.1 Å². The van der Waals surface area contributed by atoms with E-state index in [0.29, 0.717) is 18.7 Å². The Morgan fingerprint density at radius 3 is 2.40 bits per heavy atom. The minimum Gasteiger partial charge on any atom is -0.366 e. The van der Waals surface area contributed by atoms with E-state index in [2.05, 4.69) is 31.5 Å². The summed E-state index contributed by atoms with van der Waals surface area (Å²) in [7, 11) is 0. The molecule has 30 heavy (non-hydrogen) atoms. The summed E-state index contributed by atoms with van der Waals surface area (Å²) in [5.41, 5.74) is 2.33. The van der Waals surface area contributed by atoms with Crippen molar-refractivity contribution in [2.75, 3.05) is 36.4 Å². The van der Waals surface area contributed by atoms with Crippen LogP contribution in [0.15, 0.2) is 53.0 Å². The lowest BCUT2D eigenvalue weighted by Gasteiger charge is -2.37. The number of hydrogen-bond acceptors (Lipinski definition) is 4. The number of halogens is 1. The quantitative estimate of drug-likeness (QED) is 0.639. The van der Waals surface area contributed by atoms with E-state index in [-0.39, 0.29) is 22.8 Å². The number of nitrogens with zero attached hydrogens (tertiary/aromatic N) is 2. The second-order valence-corrected chi connectivity index (χ2v) is 8.73. The molecule has 1 fully saturated rings. The fourth-order valence-corrected chi connectivity index (χ4v) is 3.95. The summed E-state index contributed by atoms with van der Waals surface area (Å²) in [6.07, 6.45) is 0. The average Bonchev–Trinajstić information content (AvgIpc) is 2.73. The molecule has 0 aromatic heterocycles. The summed E-state index contributed by atoms with van der Waals surface area (Å²) in [5, 5.41) is 6.10. The van der Waals surface area contributed by atoms with E-state index in [1.54, 1.807) is 18.2 Å². The van der Waals surface area contributed by atoms with E-state index in [4.69, 9.17) is 12.2 Å². The number of carbonyl (C=O) groups is 2. The Kier molecular flexibility index (Phi) is 7.44. The highest BCUT2D eigenvalue weighted by Gasteiger charge is 2.24. The first kappa shape index (κ1) is 22.2. The molecule has 1 aliphatic heterocycles. The zero-order chi connectivity index (χ0) is 21.7. The van der Waals surface area contributed by atoms with E-state index in [1.165, 1.54) is 0 Å². The smallest absolute Gasteiger partial charge is 0.257 e. The van der Waals surface area contributed by atoms with Gasteiger partial charge in [-0.1, -0.05) is 48.0 Å². The standard InChI is InChI=1S/C22H25BrN4O2S/c1-15(2)21(29)27-12-10-26(11-13-27)19-9-4-3-8-18(19)24-22(30)25-20(28)16-6-5-7-17(23)14-16/h3-9,14-15H,10-13H2,1-2H3,(H2,24,25,28,30). The maximum Gasteiger partial charge on any atom is 0.257 e. The van der Waals surface area contributed by atoms with Gasteiger partial charge in [0.1, 0.15) is 0 Å². The second-order valence-electron chi connectivity index (χ2n) is 7.40. The Morgan fingerprint density at radius 2 is 1.73 bits per heavy atom. The molecule has 3 rings (SSSR count). The Morgan fingerprint density at radius 1 is 1.03 bits per heavy atom. The van der Waals surface area contributed by atoms with Crippen LogP contribution in [0.25, 0.3) is 0 Å². The maximum atomic E-state index is 12.4. The van der Waals surface area contributed by atoms with Crippen molar-refractivity contribution in [1.82, 2.24) is 10.2 Å². The van der Waals surface area contributed by atoms with Crippen LogP contribution in [-0.2, 0) is 4.79 Å². The Balaban J connectivity index is 1.63. The highest BCUT2D eigenvalue weighted by atomic mass is 79.9. The van der Waals surface area contributed by atoms with Crippen molar-refractivity contribution in [3.63, 3.8) is 0 Å². The summed E-state index contributed by atoms with van der Waals surface area (Å²) in [6, 6.07) is 15.0. The summed E-state index contributed by atoms with van der Waals surface area (Å²) in [6.45, 7) is 6.72. The lowest BCUT2D eigenvalue weighted by molar-refractivity contribution is -0.134. The number of hydrogen-bond donors (Lipinski definition) is 2. The van der Waals surface area contributed by atoms with Crippen LogP contribution >= 0.6 is 28.1 Å². The van der Waals surface area contributed by atoms with Gasteiger partial charge in [0.25, 0.3) is 5.91 Å². The number of benzene rings is 2. The van der Waals surface area contributed by atoms with E-state index in [9.17, 15) is 9.59 Å². The third kappa shape index (κ3) is 5.58. The zero-order valence-corrected chi connectivity index (χ0v) is 19.4. The first-order chi connectivity index (χ1) is 14.3. The van der Waals surface area contributed by atoms with E-state index >= 15 is 0 Å². The molecule has 0 saturated carbocycles. The number of para-hydroxylation sites is 2. The van der Waals surface area contributed by atoms with Crippen molar-refractivity contribution in [2.24, 2.45) is 5.92 Å². The molecule has 6 nitrogen and oxygen atoms in total. The summed E-state index contributed by atoms with van der Waals surface area (Å²) < 4.78 is 0.828. The van der Waals surface area contributed by atoms with Crippen LogP contribution in [0.5, 0.6) is 0 Å². The van der Waals surface area contributed by atoms with Crippen molar-refractivity contribution in [1.29, 1.82) is 0 Å². The Labute approximate surface area is 190 Å². The number of amides is 2. The lowest BCUT2D eigenvalue weighted by Crippen LogP contribution is -2.50. The van der Waals surface area contributed by atoms with Gasteiger partial charge < -0.3 is 15.1 Å². The molecule has 1 aliphatic rings. The normalized spacial score (nSPS) is 13.9. The first-order valence-corrected chi connectivity index (χ1v) is 11.1. The molecule has 2 N–H and O–H groups in total. The van der Waals surface area contributed by atoms with Crippen molar-refractivity contribution < 1.29 is 9.59 Å². The van der Waals surface area contributed by atoms with Crippen molar-refractivity contribution >= 4 is 56.4 Å². The molecule has 2 aromatic carbocycles. The van der Waals surface area contributed by atoms with E-state index in [0.717, 1.165) is 28.9 Å². The molecule has 158 valence electrons. The maximum absolute atomic E-state index is 12.4. The molecule has 0 spiro atoms. The van der Waals surface area contributed by atoms with Crippen LogP contribution in [0.4, 0.5) is 11.4 Å². The van der Waals surface area contributed by atoms with Gasteiger partial charge in [-0.15, -0.1) is 0 Å². The molecule has 8 heteroatoms. The fourth-order valence-electron chi connectivity index (χ4n) is 3.35. The third-order valence-electron chi connectivity index (χ3n) is 4.89. The van der Waals surface area contributed by atoms with Gasteiger partial charge >= 0.3 is 0 Å². The first-order valence-electron chi connectivity index (χ1n) is 9.86. The molecule has 0 atom stereocenters. The highest BCUT2D eigenvalue weighted by molar-refractivity contribution is 9.10. The summed E-state index contributed by atoms with van der Waals surface area (Å²) in [4.78, 5) is 28.8. The number of rotatable bonds is 4. The number of thiocarbonyl (C=S) groups is 1. The fraction of sp³-hybridized carbons (Fsp3) is 0.318. The van der Waals surface area contributed by atoms with Gasteiger partial charge in [-0.05, 0) is 42.5 Å². The number of carbonyl (C=O) groups excluding carboxylic acids is 2. The molecular weight excluding hydrogens is 464 g/mol. The minimum absolute atomic E-state index is 0.0109. The van der Waals surface area contributed by atoms with Crippen LogP contribution in [0.1, 0.15) is 24.2 Å². The van der Waals surface area contributed by atoms with Gasteiger partial charge in [-0.2, -0.15) is 0 Å². The van der Waals surface area contributed by atoms with E-state index in [1.807, 2.05) is 49.1 Å². The molecular formula is C22H25BrN4O2S. The van der Waals surface area contributed by atoms with Crippen LogP contribution in [0.2, 0.25) is 0 Å².